The highest BCUT2D eigenvalue weighted by molar-refractivity contribution is 5.47. The van der Waals surface area contributed by atoms with Crippen LogP contribution in [0.15, 0.2) is 48.5 Å². The summed E-state index contributed by atoms with van der Waals surface area (Å²) in [6.45, 7) is 2.82. The molecule has 4 nitrogen and oxygen atoms in total. The molecule has 4 heteroatoms. The molecular weight excluding hydrogens is 278 g/mol. The standard InChI is InChI=1S/C18H23NO3/c1-14-5-4-6-15(11-14)19(2)12-16(20)13-22-18-9-7-17(21-3)8-10-18/h4-11,16,20H,12-13H2,1-3H3. The molecule has 0 aliphatic rings. The number of hydrogen-bond acceptors (Lipinski definition) is 4. The number of likely N-dealkylation sites (N-methyl/N-ethyl adjacent to an activating group) is 1. The quantitative estimate of drug-likeness (QED) is 0.854. The molecule has 22 heavy (non-hydrogen) atoms. The first-order valence-corrected chi connectivity index (χ1v) is 7.31. The highest BCUT2D eigenvalue weighted by Crippen LogP contribution is 2.18. The summed E-state index contributed by atoms with van der Waals surface area (Å²) in [5.74, 6) is 1.50. The first-order valence-electron chi connectivity index (χ1n) is 7.31. The van der Waals surface area contributed by atoms with E-state index in [0.29, 0.717) is 6.54 Å². The molecule has 0 saturated heterocycles. The van der Waals surface area contributed by atoms with Crippen molar-refractivity contribution in [2.45, 2.75) is 13.0 Å². The van der Waals surface area contributed by atoms with E-state index >= 15 is 0 Å². The van der Waals surface area contributed by atoms with E-state index in [4.69, 9.17) is 9.47 Å². The summed E-state index contributed by atoms with van der Waals surface area (Å²) < 4.78 is 10.7. The predicted molar refractivity (Wildman–Crippen MR) is 88.9 cm³/mol. The van der Waals surface area contributed by atoms with Crippen molar-refractivity contribution in [1.29, 1.82) is 0 Å². The molecular formula is C18H23NO3. The van der Waals surface area contributed by atoms with Crippen LogP contribution in [0.4, 0.5) is 5.69 Å². The van der Waals surface area contributed by atoms with Gasteiger partial charge >= 0.3 is 0 Å². The monoisotopic (exact) mass is 301 g/mol. The molecule has 1 N–H and O–H groups in total. The van der Waals surface area contributed by atoms with Gasteiger partial charge in [-0.3, -0.25) is 0 Å². The number of rotatable bonds is 7. The van der Waals surface area contributed by atoms with Crippen LogP contribution in [0.25, 0.3) is 0 Å². The zero-order valence-corrected chi connectivity index (χ0v) is 13.3. The summed E-state index contributed by atoms with van der Waals surface area (Å²) in [6, 6.07) is 15.5. The Labute approximate surface area is 131 Å². The molecule has 0 aliphatic heterocycles. The number of methoxy groups -OCH3 is 1. The zero-order valence-electron chi connectivity index (χ0n) is 13.3. The van der Waals surface area contributed by atoms with Gasteiger partial charge in [0.2, 0.25) is 0 Å². The van der Waals surface area contributed by atoms with Crippen molar-refractivity contribution in [3.8, 4) is 11.5 Å². The summed E-state index contributed by atoms with van der Waals surface area (Å²) in [5.41, 5.74) is 2.29. The lowest BCUT2D eigenvalue weighted by atomic mass is 10.2. The maximum atomic E-state index is 10.1. The van der Waals surface area contributed by atoms with E-state index in [9.17, 15) is 5.11 Å². The third-order valence-electron chi connectivity index (χ3n) is 3.43. The lowest BCUT2D eigenvalue weighted by Crippen LogP contribution is -2.33. The highest BCUT2D eigenvalue weighted by atomic mass is 16.5. The van der Waals surface area contributed by atoms with Gasteiger partial charge in [0.25, 0.3) is 0 Å². The van der Waals surface area contributed by atoms with E-state index in [-0.39, 0.29) is 6.61 Å². The molecule has 118 valence electrons. The Bertz CT molecular complexity index is 583. The van der Waals surface area contributed by atoms with Crippen LogP contribution in [0, 0.1) is 6.92 Å². The van der Waals surface area contributed by atoms with E-state index < -0.39 is 6.10 Å². The smallest absolute Gasteiger partial charge is 0.119 e. The van der Waals surface area contributed by atoms with Gasteiger partial charge in [-0.05, 0) is 48.9 Å². The second kappa shape index (κ2) is 7.71. The molecule has 0 aromatic heterocycles. The van der Waals surface area contributed by atoms with Crippen molar-refractivity contribution in [2.75, 3.05) is 32.2 Å². The van der Waals surface area contributed by atoms with Crippen LogP contribution in [-0.2, 0) is 0 Å². The third kappa shape index (κ3) is 4.67. The van der Waals surface area contributed by atoms with Crippen molar-refractivity contribution >= 4 is 5.69 Å². The fourth-order valence-electron chi connectivity index (χ4n) is 2.20. The van der Waals surface area contributed by atoms with Crippen molar-refractivity contribution in [2.24, 2.45) is 0 Å². The molecule has 0 bridgehead atoms. The Kier molecular flexibility index (Phi) is 5.67. The maximum absolute atomic E-state index is 10.1. The third-order valence-corrected chi connectivity index (χ3v) is 3.43. The summed E-state index contributed by atoms with van der Waals surface area (Å²) in [7, 11) is 3.59. The van der Waals surface area contributed by atoms with Crippen LogP contribution in [-0.4, -0.2) is 38.5 Å². The minimum absolute atomic E-state index is 0.252. The van der Waals surface area contributed by atoms with Gasteiger partial charge in [0, 0.05) is 19.3 Å². The lowest BCUT2D eigenvalue weighted by Gasteiger charge is -2.23. The largest absolute Gasteiger partial charge is 0.497 e. The Morgan fingerprint density at radius 2 is 1.77 bits per heavy atom. The molecule has 2 aromatic rings. The molecule has 1 atom stereocenters. The number of aliphatic hydroxyl groups excluding tert-OH is 1. The van der Waals surface area contributed by atoms with Crippen LogP contribution in [0.5, 0.6) is 11.5 Å². The Hall–Kier alpha value is -2.20. The molecule has 0 saturated carbocycles. The van der Waals surface area contributed by atoms with Gasteiger partial charge in [-0.1, -0.05) is 12.1 Å². The van der Waals surface area contributed by atoms with Crippen LogP contribution in [0.2, 0.25) is 0 Å². The van der Waals surface area contributed by atoms with E-state index in [0.717, 1.165) is 17.2 Å². The zero-order chi connectivity index (χ0) is 15.9. The van der Waals surface area contributed by atoms with Gasteiger partial charge < -0.3 is 19.5 Å². The number of nitrogens with zero attached hydrogens (tertiary/aromatic N) is 1. The molecule has 0 fully saturated rings. The fourth-order valence-corrected chi connectivity index (χ4v) is 2.20. The normalized spacial score (nSPS) is 11.8. The first-order chi connectivity index (χ1) is 10.6. The van der Waals surface area contributed by atoms with Crippen LogP contribution in [0.1, 0.15) is 5.56 Å². The average Bonchev–Trinajstić information content (AvgIpc) is 2.53. The van der Waals surface area contributed by atoms with Gasteiger partial charge in [-0.25, -0.2) is 0 Å². The van der Waals surface area contributed by atoms with E-state index in [1.54, 1.807) is 7.11 Å². The Balaban J connectivity index is 1.83. The van der Waals surface area contributed by atoms with Crippen molar-refractivity contribution < 1.29 is 14.6 Å². The van der Waals surface area contributed by atoms with Gasteiger partial charge in [-0.2, -0.15) is 0 Å². The molecule has 2 rings (SSSR count). The minimum atomic E-state index is -0.562. The SMILES string of the molecule is COc1ccc(OCC(O)CN(C)c2cccc(C)c2)cc1. The molecule has 0 spiro atoms. The summed E-state index contributed by atoms with van der Waals surface area (Å²) >= 11 is 0. The summed E-state index contributed by atoms with van der Waals surface area (Å²) in [4.78, 5) is 2.02. The van der Waals surface area contributed by atoms with Crippen LogP contribution in [0.3, 0.4) is 0 Å². The Morgan fingerprint density at radius 1 is 1.09 bits per heavy atom. The number of benzene rings is 2. The van der Waals surface area contributed by atoms with Crippen molar-refractivity contribution in [1.82, 2.24) is 0 Å². The Morgan fingerprint density at radius 3 is 2.41 bits per heavy atom. The van der Waals surface area contributed by atoms with Gasteiger partial charge in [-0.15, -0.1) is 0 Å². The molecule has 2 aromatic carbocycles. The topological polar surface area (TPSA) is 41.9 Å². The second-order valence-electron chi connectivity index (χ2n) is 5.36. The second-order valence-corrected chi connectivity index (χ2v) is 5.36. The molecule has 1 unspecified atom stereocenters. The van der Waals surface area contributed by atoms with Gasteiger partial charge in [0.05, 0.1) is 7.11 Å². The van der Waals surface area contributed by atoms with Gasteiger partial charge in [0.15, 0.2) is 0 Å². The number of aryl methyl sites for hydroxylation is 1. The van der Waals surface area contributed by atoms with Gasteiger partial charge in [0.1, 0.15) is 24.2 Å². The van der Waals surface area contributed by atoms with E-state index in [2.05, 4.69) is 19.1 Å². The average molecular weight is 301 g/mol. The first kappa shape index (κ1) is 16.2. The highest BCUT2D eigenvalue weighted by Gasteiger charge is 2.10. The van der Waals surface area contributed by atoms with Crippen molar-refractivity contribution in [3.05, 3.63) is 54.1 Å². The lowest BCUT2D eigenvalue weighted by molar-refractivity contribution is 0.113. The molecule has 0 amide bonds. The number of ether oxygens (including phenoxy) is 2. The van der Waals surface area contributed by atoms with Crippen molar-refractivity contribution in [3.63, 3.8) is 0 Å². The number of hydrogen-bond donors (Lipinski definition) is 1. The van der Waals surface area contributed by atoms with E-state index in [1.807, 2.05) is 48.3 Å². The molecule has 0 aliphatic carbocycles. The summed E-state index contributed by atoms with van der Waals surface area (Å²) in [6.07, 6.45) is -0.562. The maximum Gasteiger partial charge on any atom is 0.119 e. The number of aliphatic hydroxyl groups is 1. The molecule has 0 radical (unpaired) electrons. The van der Waals surface area contributed by atoms with Crippen LogP contribution < -0.4 is 14.4 Å². The fraction of sp³-hybridized carbons (Fsp3) is 0.333. The predicted octanol–water partition coefficient (Wildman–Crippen LogP) is 2.88. The minimum Gasteiger partial charge on any atom is -0.497 e. The molecule has 0 heterocycles. The number of anilines is 1. The van der Waals surface area contributed by atoms with E-state index in [1.165, 1.54) is 5.56 Å². The van der Waals surface area contributed by atoms with Crippen LogP contribution >= 0.6 is 0 Å². The summed E-state index contributed by atoms with van der Waals surface area (Å²) in [5, 5.41) is 10.1.